The Morgan fingerprint density at radius 3 is 1.71 bits per heavy atom. The Kier molecular flexibility index (Phi) is 13.9. The topological polar surface area (TPSA) is 63.6 Å². The molecule has 4 heteroatoms. The molecule has 0 aromatic heterocycles. The fraction of sp³-hybridized carbons (Fsp3) is 0.704. The molecule has 0 saturated carbocycles. The van der Waals surface area contributed by atoms with Crippen molar-refractivity contribution in [2.45, 2.75) is 111 Å². The summed E-state index contributed by atoms with van der Waals surface area (Å²) in [7, 11) is 0. The minimum Gasteiger partial charge on any atom is -0.478 e. The third kappa shape index (κ3) is 12.6. The van der Waals surface area contributed by atoms with Crippen LogP contribution >= 0.6 is 0 Å². The number of hydrogen-bond acceptors (Lipinski definition) is 3. The minimum atomic E-state index is -1.10. The molecular weight excluding hydrogens is 388 g/mol. The van der Waals surface area contributed by atoms with Crippen molar-refractivity contribution < 1.29 is 19.4 Å². The number of hydrogen-bond donors (Lipinski definition) is 1. The van der Waals surface area contributed by atoms with Gasteiger partial charge in [0.25, 0.3) is 0 Å². The first-order valence-corrected chi connectivity index (χ1v) is 12.3. The quantitative estimate of drug-likeness (QED) is 0.201. The number of aromatic carboxylic acids is 1. The van der Waals surface area contributed by atoms with E-state index in [1.54, 1.807) is 12.1 Å². The van der Waals surface area contributed by atoms with Gasteiger partial charge in [-0.05, 0) is 43.2 Å². The van der Waals surface area contributed by atoms with Crippen LogP contribution in [0.3, 0.4) is 0 Å². The lowest BCUT2D eigenvalue weighted by atomic mass is 9.99. The molecule has 0 fully saturated rings. The van der Waals surface area contributed by atoms with Crippen LogP contribution in [0.4, 0.5) is 0 Å². The lowest BCUT2D eigenvalue weighted by Gasteiger charge is -2.20. The van der Waals surface area contributed by atoms with E-state index >= 15 is 0 Å². The van der Waals surface area contributed by atoms with E-state index in [1.165, 1.54) is 63.5 Å². The van der Waals surface area contributed by atoms with E-state index in [2.05, 4.69) is 27.7 Å². The third-order valence-electron chi connectivity index (χ3n) is 5.69. The molecule has 1 rings (SSSR count). The molecule has 0 amide bonds. The molecule has 0 spiro atoms. The standard InChI is InChI=1S/C27H44O4/c1-21(2)16-12-10-8-6-5-7-9-11-13-17-23(20-22(3)4)31-27(30)25-19-15-14-18-24(25)26(28)29/h14-15,18-19,21-23H,5-13,16-17,20H2,1-4H3,(H,28,29). The molecule has 1 unspecified atom stereocenters. The summed E-state index contributed by atoms with van der Waals surface area (Å²) < 4.78 is 5.74. The van der Waals surface area contributed by atoms with Crippen LogP contribution in [0.1, 0.15) is 125 Å². The first-order chi connectivity index (χ1) is 14.8. The van der Waals surface area contributed by atoms with E-state index < -0.39 is 11.9 Å². The maximum atomic E-state index is 12.6. The van der Waals surface area contributed by atoms with Crippen molar-refractivity contribution in [3.8, 4) is 0 Å². The van der Waals surface area contributed by atoms with Gasteiger partial charge < -0.3 is 9.84 Å². The summed E-state index contributed by atoms with van der Waals surface area (Å²) in [5.41, 5.74) is 0.136. The summed E-state index contributed by atoms with van der Waals surface area (Å²) in [5, 5.41) is 9.31. The van der Waals surface area contributed by atoms with Gasteiger partial charge in [-0.25, -0.2) is 9.59 Å². The van der Waals surface area contributed by atoms with Crippen LogP contribution in [-0.2, 0) is 4.74 Å². The molecule has 1 N–H and O–H groups in total. The summed E-state index contributed by atoms with van der Waals surface area (Å²) in [6, 6.07) is 6.27. The summed E-state index contributed by atoms with van der Waals surface area (Å²) >= 11 is 0. The predicted octanol–water partition coefficient (Wildman–Crippen LogP) is 7.90. The molecule has 31 heavy (non-hydrogen) atoms. The third-order valence-corrected chi connectivity index (χ3v) is 5.69. The molecule has 4 nitrogen and oxygen atoms in total. The molecule has 176 valence electrons. The minimum absolute atomic E-state index is 0.00000256. The Hall–Kier alpha value is -1.84. The Balaban J connectivity index is 2.31. The molecule has 0 aliphatic carbocycles. The van der Waals surface area contributed by atoms with E-state index in [9.17, 15) is 14.7 Å². The van der Waals surface area contributed by atoms with E-state index in [-0.39, 0.29) is 17.2 Å². The van der Waals surface area contributed by atoms with E-state index in [0.717, 1.165) is 31.6 Å². The van der Waals surface area contributed by atoms with Crippen molar-refractivity contribution in [2.75, 3.05) is 0 Å². The van der Waals surface area contributed by atoms with Gasteiger partial charge in [0.1, 0.15) is 6.10 Å². The highest BCUT2D eigenvalue weighted by Crippen LogP contribution is 2.20. The Morgan fingerprint density at radius 1 is 0.742 bits per heavy atom. The number of carboxylic acid groups (broad SMARTS) is 1. The second-order valence-electron chi connectivity index (χ2n) is 9.66. The Morgan fingerprint density at radius 2 is 1.23 bits per heavy atom. The van der Waals surface area contributed by atoms with Crippen LogP contribution in [0, 0.1) is 11.8 Å². The lowest BCUT2D eigenvalue weighted by Crippen LogP contribution is -2.22. The number of rotatable bonds is 17. The van der Waals surface area contributed by atoms with Crippen molar-refractivity contribution in [3.63, 3.8) is 0 Å². The Bertz CT molecular complexity index is 636. The molecule has 0 heterocycles. The Labute approximate surface area is 189 Å². The van der Waals surface area contributed by atoms with Crippen molar-refractivity contribution in [1.29, 1.82) is 0 Å². The smallest absolute Gasteiger partial charge is 0.339 e. The zero-order chi connectivity index (χ0) is 23.1. The van der Waals surface area contributed by atoms with Gasteiger partial charge in [0.15, 0.2) is 0 Å². The second kappa shape index (κ2) is 15.9. The van der Waals surface area contributed by atoms with Gasteiger partial charge in [0.05, 0.1) is 11.1 Å². The number of ether oxygens (including phenoxy) is 1. The molecule has 0 aliphatic rings. The van der Waals surface area contributed by atoms with Crippen molar-refractivity contribution in [2.24, 2.45) is 11.8 Å². The molecule has 0 saturated heterocycles. The van der Waals surface area contributed by atoms with Gasteiger partial charge >= 0.3 is 11.9 Å². The molecule has 0 radical (unpaired) electrons. The highest BCUT2D eigenvalue weighted by molar-refractivity contribution is 6.02. The van der Waals surface area contributed by atoms with Crippen molar-refractivity contribution >= 4 is 11.9 Å². The maximum absolute atomic E-state index is 12.6. The lowest BCUT2D eigenvalue weighted by molar-refractivity contribution is 0.0220. The number of esters is 1. The van der Waals surface area contributed by atoms with Gasteiger partial charge in [-0.15, -0.1) is 0 Å². The van der Waals surface area contributed by atoms with Gasteiger partial charge in [-0.1, -0.05) is 97.6 Å². The number of unbranched alkanes of at least 4 members (excludes halogenated alkanes) is 8. The van der Waals surface area contributed by atoms with E-state index in [4.69, 9.17) is 4.74 Å². The highest BCUT2D eigenvalue weighted by Gasteiger charge is 2.21. The number of carboxylic acids is 1. The van der Waals surface area contributed by atoms with Crippen LogP contribution in [0.5, 0.6) is 0 Å². The fourth-order valence-electron chi connectivity index (χ4n) is 3.98. The van der Waals surface area contributed by atoms with E-state index in [1.807, 2.05) is 0 Å². The molecule has 1 aromatic carbocycles. The number of benzene rings is 1. The van der Waals surface area contributed by atoms with Crippen LogP contribution < -0.4 is 0 Å². The van der Waals surface area contributed by atoms with E-state index in [0.29, 0.717) is 5.92 Å². The van der Waals surface area contributed by atoms with Crippen LogP contribution in [0.2, 0.25) is 0 Å². The zero-order valence-electron chi connectivity index (χ0n) is 20.2. The van der Waals surface area contributed by atoms with Crippen molar-refractivity contribution in [3.05, 3.63) is 35.4 Å². The predicted molar refractivity (Wildman–Crippen MR) is 128 cm³/mol. The summed E-state index contributed by atoms with van der Waals surface area (Å²) in [5.74, 6) is -0.386. The van der Waals surface area contributed by atoms with Gasteiger partial charge in [0.2, 0.25) is 0 Å². The average Bonchev–Trinajstić information content (AvgIpc) is 2.71. The zero-order valence-corrected chi connectivity index (χ0v) is 20.2. The molecule has 1 atom stereocenters. The summed E-state index contributed by atoms with van der Waals surface area (Å²) in [6.45, 7) is 8.82. The largest absolute Gasteiger partial charge is 0.478 e. The summed E-state index contributed by atoms with van der Waals surface area (Å²) in [6.07, 6.45) is 14.3. The van der Waals surface area contributed by atoms with Gasteiger partial charge in [-0.3, -0.25) is 0 Å². The SMILES string of the molecule is CC(C)CCCCCCCCCCCC(CC(C)C)OC(=O)c1ccccc1C(=O)O. The van der Waals surface area contributed by atoms with Crippen LogP contribution in [0.25, 0.3) is 0 Å². The van der Waals surface area contributed by atoms with Gasteiger partial charge in [0, 0.05) is 0 Å². The van der Waals surface area contributed by atoms with Crippen molar-refractivity contribution in [1.82, 2.24) is 0 Å². The maximum Gasteiger partial charge on any atom is 0.339 e. The van der Waals surface area contributed by atoms with Crippen LogP contribution in [-0.4, -0.2) is 23.1 Å². The first kappa shape index (κ1) is 27.2. The molecule has 1 aromatic rings. The highest BCUT2D eigenvalue weighted by atomic mass is 16.5. The number of carbonyl (C=O) groups excluding carboxylic acids is 1. The number of carbonyl (C=O) groups is 2. The second-order valence-corrected chi connectivity index (χ2v) is 9.66. The molecule has 0 bridgehead atoms. The van der Waals surface area contributed by atoms with Crippen LogP contribution in [0.15, 0.2) is 24.3 Å². The average molecular weight is 433 g/mol. The fourth-order valence-corrected chi connectivity index (χ4v) is 3.98. The summed E-state index contributed by atoms with van der Waals surface area (Å²) in [4.78, 5) is 24.0. The monoisotopic (exact) mass is 432 g/mol. The molecular formula is C27H44O4. The van der Waals surface area contributed by atoms with Gasteiger partial charge in [-0.2, -0.15) is 0 Å². The normalized spacial score (nSPS) is 12.3. The molecule has 0 aliphatic heterocycles. The first-order valence-electron chi connectivity index (χ1n) is 12.3.